The maximum absolute atomic E-state index is 6.61. The van der Waals surface area contributed by atoms with Crippen molar-refractivity contribution in [2.45, 2.75) is 50.4 Å². The summed E-state index contributed by atoms with van der Waals surface area (Å²) in [7, 11) is -1.32. The van der Waals surface area contributed by atoms with Crippen LogP contribution < -0.4 is 5.73 Å². The largest absolute Gasteiger partial charge is 0.327 e. The summed E-state index contributed by atoms with van der Waals surface area (Å²) in [6.07, 6.45) is 3.33. The average Bonchev–Trinajstić information content (AvgIpc) is 3.36. The third-order valence-corrected chi connectivity index (χ3v) is 5.71. The van der Waals surface area contributed by atoms with Crippen LogP contribution in [0.25, 0.3) is 0 Å². The minimum absolute atomic E-state index is 0.167. The fourth-order valence-electron chi connectivity index (χ4n) is 3.22. The second kappa shape index (κ2) is 6.59. The standard InChI is InChI=1S/C22H27NSi/c1-24(2,3)16-13-18-9-11-20(12-10-18)22(14-15-22)21(23)17-19-7-5-4-6-8-19/h4-12,21H,14-15,17,23H2,1-3H3. The normalized spacial score (nSPS) is 16.8. The number of nitrogens with two attached hydrogens (primary N) is 1. The molecule has 1 aliphatic rings. The lowest BCUT2D eigenvalue weighted by Gasteiger charge is -2.24. The topological polar surface area (TPSA) is 26.0 Å². The molecule has 0 bridgehead atoms. The van der Waals surface area contributed by atoms with E-state index < -0.39 is 8.07 Å². The van der Waals surface area contributed by atoms with Crippen molar-refractivity contribution < 1.29 is 0 Å². The Kier molecular flexibility index (Phi) is 4.67. The minimum atomic E-state index is -1.32. The third kappa shape index (κ3) is 3.98. The van der Waals surface area contributed by atoms with E-state index in [2.05, 4.69) is 85.7 Å². The van der Waals surface area contributed by atoms with E-state index in [4.69, 9.17) is 5.73 Å². The molecular weight excluding hydrogens is 306 g/mol. The monoisotopic (exact) mass is 333 g/mol. The molecule has 1 saturated carbocycles. The smallest absolute Gasteiger partial charge is 0.129 e. The van der Waals surface area contributed by atoms with Crippen LogP contribution in [0.5, 0.6) is 0 Å². The zero-order valence-corrected chi connectivity index (χ0v) is 16.0. The SMILES string of the molecule is C[Si](C)(C)C#Cc1ccc(C2(C(N)Cc3ccccc3)CC2)cc1. The Labute approximate surface area is 147 Å². The van der Waals surface area contributed by atoms with Crippen LogP contribution in [0.3, 0.4) is 0 Å². The molecule has 1 aliphatic carbocycles. The summed E-state index contributed by atoms with van der Waals surface area (Å²) in [4.78, 5) is 0. The van der Waals surface area contributed by atoms with Gasteiger partial charge in [0, 0.05) is 17.0 Å². The molecule has 1 unspecified atom stereocenters. The van der Waals surface area contributed by atoms with E-state index in [0.717, 1.165) is 12.0 Å². The van der Waals surface area contributed by atoms with E-state index in [-0.39, 0.29) is 11.5 Å². The van der Waals surface area contributed by atoms with Crippen LogP contribution in [0.2, 0.25) is 19.6 Å². The van der Waals surface area contributed by atoms with Crippen LogP contribution in [0.15, 0.2) is 54.6 Å². The molecule has 0 spiro atoms. The fourth-order valence-corrected chi connectivity index (χ4v) is 3.74. The lowest BCUT2D eigenvalue weighted by molar-refractivity contribution is 0.514. The van der Waals surface area contributed by atoms with Gasteiger partial charge in [-0.05, 0) is 42.5 Å². The molecule has 2 aromatic rings. The zero-order valence-electron chi connectivity index (χ0n) is 15.0. The summed E-state index contributed by atoms with van der Waals surface area (Å²) in [5, 5.41) is 0. The lowest BCUT2D eigenvalue weighted by Crippen LogP contribution is -2.36. The predicted molar refractivity (Wildman–Crippen MR) is 106 cm³/mol. The van der Waals surface area contributed by atoms with Gasteiger partial charge in [0.05, 0.1) is 0 Å². The highest BCUT2D eigenvalue weighted by Gasteiger charge is 2.48. The van der Waals surface area contributed by atoms with Crippen molar-refractivity contribution in [2.75, 3.05) is 0 Å². The first-order valence-electron chi connectivity index (χ1n) is 8.82. The molecule has 1 atom stereocenters. The molecule has 1 fully saturated rings. The van der Waals surface area contributed by atoms with Crippen molar-refractivity contribution in [1.29, 1.82) is 0 Å². The molecule has 0 aliphatic heterocycles. The number of benzene rings is 2. The molecule has 2 N–H and O–H groups in total. The fraction of sp³-hybridized carbons (Fsp3) is 0.364. The van der Waals surface area contributed by atoms with Crippen LogP contribution in [0.4, 0.5) is 0 Å². The first-order valence-corrected chi connectivity index (χ1v) is 12.3. The summed E-state index contributed by atoms with van der Waals surface area (Å²) in [6, 6.07) is 19.6. The van der Waals surface area contributed by atoms with E-state index in [1.807, 2.05) is 0 Å². The second-order valence-corrected chi connectivity index (χ2v) is 12.8. The molecule has 24 heavy (non-hydrogen) atoms. The van der Waals surface area contributed by atoms with Crippen molar-refractivity contribution in [1.82, 2.24) is 0 Å². The van der Waals surface area contributed by atoms with Crippen LogP contribution in [0, 0.1) is 11.5 Å². The Hall–Kier alpha value is -1.82. The van der Waals surface area contributed by atoms with Gasteiger partial charge in [-0.2, -0.15) is 0 Å². The van der Waals surface area contributed by atoms with E-state index >= 15 is 0 Å². The van der Waals surface area contributed by atoms with Gasteiger partial charge in [0.2, 0.25) is 0 Å². The van der Waals surface area contributed by atoms with Crippen molar-refractivity contribution in [3.8, 4) is 11.5 Å². The number of hydrogen-bond acceptors (Lipinski definition) is 1. The van der Waals surface area contributed by atoms with E-state index in [0.29, 0.717) is 0 Å². The van der Waals surface area contributed by atoms with Gasteiger partial charge in [0.15, 0.2) is 0 Å². The van der Waals surface area contributed by atoms with E-state index in [9.17, 15) is 0 Å². The summed E-state index contributed by atoms with van der Waals surface area (Å²) < 4.78 is 0. The number of rotatable bonds is 4. The van der Waals surface area contributed by atoms with E-state index in [1.165, 1.54) is 24.0 Å². The molecular formula is C22H27NSi. The summed E-state index contributed by atoms with van der Waals surface area (Å²) in [6.45, 7) is 6.82. The molecule has 124 valence electrons. The lowest BCUT2D eigenvalue weighted by atomic mass is 9.85. The molecule has 0 saturated heterocycles. The van der Waals surface area contributed by atoms with Crippen molar-refractivity contribution in [2.24, 2.45) is 5.73 Å². The first kappa shape index (κ1) is 17.0. The Bertz CT molecular complexity index is 741. The quantitative estimate of drug-likeness (QED) is 0.646. The Morgan fingerprint density at radius 3 is 2.17 bits per heavy atom. The van der Waals surface area contributed by atoms with Gasteiger partial charge in [-0.25, -0.2) is 0 Å². The van der Waals surface area contributed by atoms with Crippen LogP contribution >= 0.6 is 0 Å². The van der Waals surface area contributed by atoms with Gasteiger partial charge in [0.25, 0.3) is 0 Å². The highest BCUT2D eigenvalue weighted by Crippen LogP contribution is 2.51. The molecule has 2 aromatic carbocycles. The molecule has 1 nitrogen and oxygen atoms in total. The maximum atomic E-state index is 6.61. The molecule has 2 heteroatoms. The third-order valence-electron chi connectivity index (χ3n) is 4.84. The van der Waals surface area contributed by atoms with Crippen LogP contribution in [-0.4, -0.2) is 14.1 Å². The van der Waals surface area contributed by atoms with Gasteiger partial charge in [-0.1, -0.05) is 68.0 Å². The van der Waals surface area contributed by atoms with Crippen molar-refractivity contribution in [3.05, 3.63) is 71.3 Å². The van der Waals surface area contributed by atoms with Gasteiger partial charge in [-0.15, -0.1) is 5.54 Å². The maximum Gasteiger partial charge on any atom is 0.129 e. The zero-order chi connectivity index (χ0) is 17.2. The second-order valence-electron chi connectivity index (χ2n) is 8.03. The van der Waals surface area contributed by atoms with Crippen molar-refractivity contribution in [3.63, 3.8) is 0 Å². The Balaban J connectivity index is 1.74. The summed E-state index contributed by atoms with van der Waals surface area (Å²) in [5.74, 6) is 3.33. The predicted octanol–water partition coefficient (Wildman–Crippen LogP) is 4.52. The van der Waals surface area contributed by atoms with Gasteiger partial charge in [-0.3, -0.25) is 0 Å². The summed E-state index contributed by atoms with van der Waals surface area (Å²) >= 11 is 0. The van der Waals surface area contributed by atoms with Gasteiger partial charge in [0.1, 0.15) is 8.07 Å². The molecule has 0 amide bonds. The van der Waals surface area contributed by atoms with Crippen molar-refractivity contribution >= 4 is 8.07 Å². The molecule has 0 aromatic heterocycles. The van der Waals surface area contributed by atoms with E-state index in [1.54, 1.807) is 0 Å². The first-order chi connectivity index (χ1) is 11.4. The Morgan fingerprint density at radius 1 is 1.00 bits per heavy atom. The van der Waals surface area contributed by atoms with Gasteiger partial charge < -0.3 is 5.73 Å². The molecule has 0 heterocycles. The highest BCUT2D eigenvalue weighted by molar-refractivity contribution is 6.83. The highest BCUT2D eigenvalue weighted by atomic mass is 28.3. The Morgan fingerprint density at radius 2 is 1.62 bits per heavy atom. The molecule has 3 rings (SSSR count). The molecule has 0 radical (unpaired) electrons. The summed E-state index contributed by atoms with van der Waals surface area (Å²) in [5.41, 5.74) is 14.0. The average molecular weight is 334 g/mol. The number of hydrogen-bond donors (Lipinski definition) is 1. The van der Waals surface area contributed by atoms with Crippen LogP contribution in [-0.2, 0) is 11.8 Å². The minimum Gasteiger partial charge on any atom is -0.327 e. The van der Waals surface area contributed by atoms with Gasteiger partial charge >= 0.3 is 0 Å². The van der Waals surface area contributed by atoms with Crippen LogP contribution in [0.1, 0.15) is 29.5 Å².